The highest BCUT2D eigenvalue weighted by molar-refractivity contribution is 5.68. The predicted molar refractivity (Wildman–Crippen MR) is 95.2 cm³/mol. The molecular formula is C18H26N4O4. The molecule has 1 amide bonds. The largest absolute Gasteiger partial charge is 0.444 e. The molecule has 2 aromatic heterocycles. The van der Waals surface area contributed by atoms with Crippen LogP contribution in [0.4, 0.5) is 4.79 Å². The second-order valence-corrected chi connectivity index (χ2v) is 7.02. The monoisotopic (exact) mass is 362 g/mol. The molecular weight excluding hydrogens is 336 g/mol. The number of pyridine rings is 1. The predicted octanol–water partition coefficient (Wildman–Crippen LogP) is 3.25. The molecule has 8 heteroatoms. The first kappa shape index (κ1) is 19.8. The number of alkyl carbamates (subject to hydrolysis) is 1. The van der Waals surface area contributed by atoms with Crippen LogP contribution in [0, 0.1) is 0 Å². The van der Waals surface area contributed by atoms with Gasteiger partial charge in [-0.2, -0.15) is 0 Å². The Bertz CT molecular complexity index is 697. The number of aromatic nitrogens is 3. The Labute approximate surface area is 153 Å². The second-order valence-electron chi connectivity index (χ2n) is 7.02. The van der Waals surface area contributed by atoms with Crippen molar-refractivity contribution in [1.82, 2.24) is 20.5 Å². The van der Waals surface area contributed by atoms with Crippen LogP contribution >= 0.6 is 0 Å². The smallest absolute Gasteiger partial charge is 0.407 e. The van der Waals surface area contributed by atoms with Crippen molar-refractivity contribution in [2.75, 3.05) is 0 Å². The first-order valence-electron chi connectivity index (χ1n) is 8.71. The van der Waals surface area contributed by atoms with Crippen LogP contribution < -0.4 is 5.32 Å². The molecule has 0 saturated heterocycles. The maximum absolute atomic E-state index is 12.1. The summed E-state index contributed by atoms with van der Waals surface area (Å²) in [5.41, 5.74) is 0.0831. The van der Waals surface area contributed by atoms with E-state index in [9.17, 15) is 9.90 Å². The number of rotatable bonds is 7. The van der Waals surface area contributed by atoms with Crippen molar-refractivity contribution < 1.29 is 19.1 Å². The average molecular weight is 362 g/mol. The number of amides is 1. The summed E-state index contributed by atoms with van der Waals surface area (Å²) in [6.45, 7) is 7.38. The lowest BCUT2D eigenvalue weighted by atomic mass is 10.0. The van der Waals surface area contributed by atoms with Crippen molar-refractivity contribution >= 4 is 6.09 Å². The van der Waals surface area contributed by atoms with Crippen molar-refractivity contribution in [2.45, 2.75) is 64.7 Å². The first-order valence-corrected chi connectivity index (χ1v) is 8.71. The molecule has 2 heterocycles. The minimum atomic E-state index is -1.13. The fourth-order valence-electron chi connectivity index (χ4n) is 2.33. The highest BCUT2D eigenvalue weighted by atomic mass is 16.6. The van der Waals surface area contributed by atoms with Crippen molar-refractivity contribution in [3.63, 3.8) is 0 Å². The molecule has 0 radical (unpaired) electrons. The van der Waals surface area contributed by atoms with Crippen LogP contribution in [0.25, 0.3) is 11.5 Å². The SMILES string of the molecule is CCCCC(NC(=O)OC(C)(C)C)C(O)c1nnc(-c2ccncc2)o1. The number of carbonyl (C=O) groups is 1. The van der Waals surface area contributed by atoms with Crippen LogP contribution in [0.5, 0.6) is 0 Å². The molecule has 0 aliphatic carbocycles. The van der Waals surface area contributed by atoms with E-state index in [0.29, 0.717) is 12.0 Å². The molecule has 26 heavy (non-hydrogen) atoms. The van der Waals surface area contributed by atoms with Crippen LogP contribution in [0.2, 0.25) is 0 Å². The Morgan fingerprint density at radius 3 is 2.62 bits per heavy atom. The molecule has 2 N–H and O–H groups in total. The maximum Gasteiger partial charge on any atom is 0.407 e. The number of hydrogen-bond donors (Lipinski definition) is 2. The number of ether oxygens (including phenoxy) is 1. The van der Waals surface area contributed by atoms with Gasteiger partial charge < -0.3 is 19.6 Å². The van der Waals surface area contributed by atoms with E-state index in [0.717, 1.165) is 12.8 Å². The Morgan fingerprint density at radius 2 is 2.00 bits per heavy atom. The van der Waals surface area contributed by atoms with E-state index < -0.39 is 23.8 Å². The zero-order valence-electron chi connectivity index (χ0n) is 15.6. The quantitative estimate of drug-likeness (QED) is 0.778. The number of aliphatic hydroxyl groups excluding tert-OH is 1. The molecule has 0 bridgehead atoms. The van der Waals surface area contributed by atoms with E-state index in [-0.39, 0.29) is 11.8 Å². The van der Waals surface area contributed by atoms with Crippen LogP contribution in [0.3, 0.4) is 0 Å². The maximum atomic E-state index is 12.1. The Balaban J connectivity index is 2.12. The third-order valence-electron chi connectivity index (χ3n) is 3.57. The van der Waals surface area contributed by atoms with Crippen molar-refractivity contribution in [1.29, 1.82) is 0 Å². The molecule has 0 fully saturated rings. The van der Waals surface area contributed by atoms with E-state index in [1.165, 1.54) is 0 Å². The third kappa shape index (κ3) is 5.80. The van der Waals surface area contributed by atoms with Gasteiger partial charge in [-0.3, -0.25) is 4.98 Å². The number of nitrogens with one attached hydrogen (secondary N) is 1. The minimum absolute atomic E-state index is 0.0500. The zero-order valence-corrected chi connectivity index (χ0v) is 15.6. The number of carbonyl (C=O) groups excluding carboxylic acids is 1. The van der Waals surface area contributed by atoms with E-state index in [1.54, 1.807) is 45.3 Å². The van der Waals surface area contributed by atoms with Gasteiger partial charge in [-0.25, -0.2) is 4.79 Å². The van der Waals surface area contributed by atoms with E-state index in [4.69, 9.17) is 9.15 Å². The molecule has 0 aliphatic heterocycles. The summed E-state index contributed by atoms with van der Waals surface area (Å²) in [6, 6.07) is 2.88. The lowest BCUT2D eigenvalue weighted by Crippen LogP contribution is -2.42. The highest BCUT2D eigenvalue weighted by Crippen LogP contribution is 2.24. The van der Waals surface area contributed by atoms with Gasteiger partial charge in [0.2, 0.25) is 11.8 Å². The van der Waals surface area contributed by atoms with Gasteiger partial charge in [0.1, 0.15) is 5.60 Å². The molecule has 2 atom stereocenters. The highest BCUT2D eigenvalue weighted by Gasteiger charge is 2.29. The third-order valence-corrected chi connectivity index (χ3v) is 3.57. The summed E-state index contributed by atoms with van der Waals surface area (Å²) in [6.07, 6.45) is 3.81. The van der Waals surface area contributed by atoms with E-state index >= 15 is 0 Å². The molecule has 142 valence electrons. The summed E-state index contributed by atoms with van der Waals surface area (Å²) in [5.74, 6) is 0.335. The number of aliphatic hydroxyl groups is 1. The molecule has 0 spiro atoms. The summed E-state index contributed by atoms with van der Waals surface area (Å²) < 4.78 is 10.9. The van der Waals surface area contributed by atoms with Gasteiger partial charge >= 0.3 is 6.09 Å². The van der Waals surface area contributed by atoms with Gasteiger partial charge in [0, 0.05) is 18.0 Å². The van der Waals surface area contributed by atoms with E-state index in [2.05, 4.69) is 20.5 Å². The second kappa shape index (κ2) is 8.75. The Morgan fingerprint density at radius 1 is 1.31 bits per heavy atom. The van der Waals surface area contributed by atoms with Gasteiger partial charge in [0.15, 0.2) is 6.10 Å². The first-order chi connectivity index (χ1) is 12.3. The van der Waals surface area contributed by atoms with E-state index in [1.807, 2.05) is 6.92 Å². The van der Waals surface area contributed by atoms with Crippen molar-refractivity contribution in [2.24, 2.45) is 0 Å². The van der Waals surface area contributed by atoms with Crippen molar-refractivity contribution in [3.05, 3.63) is 30.4 Å². The van der Waals surface area contributed by atoms with Crippen LogP contribution in [0.1, 0.15) is 59.0 Å². The van der Waals surface area contributed by atoms with Gasteiger partial charge in [0.25, 0.3) is 0 Å². The van der Waals surface area contributed by atoms with Crippen LogP contribution in [-0.4, -0.2) is 38.0 Å². The minimum Gasteiger partial charge on any atom is -0.444 e. The fraction of sp³-hybridized carbons (Fsp3) is 0.556. The fourth-order valence-corrected chi connectivity index (χ4v) is 2.33. The van der Waals surface area contributed by atoms with Crippen LogP contribution in [-0.2, 0) is 4.74 Å². The molecule has 8 nitrogen and oxygen atoms in total. The summed E-state index contributed by atoms with van der Waals surface area (Å²) in [5, 5.41) is 21.2. The molecule has 0 aromatic carbocycles. The van der Waals surface area contributed by atoms with Crippen LogP contribution in [0.15, 0.2) is 28.9 Å². The molecule has 0 aliphatic rings. The normalized spacial score (nSPS) is 13.9. The Hall–Kier alpha value is -2.48. The lowest BCUT2D eigenvalue weighted by molar-refractivity contribution is 0.0377. The lowest BCUT2D eigenvalue weighted by Gasteiger charge is -2.25. The number of nitrogens with zero attached hydrogens (tertiary/aromatic N) is 3. The number of unbranched alkanes of at least 4 members (excludes halogenated alkanes) is 1. The summed E-state index contributed by atoms with van der Waals surface area (Å²) >= 11 is 0. The standard InChI is InChI=1S/C18H26N4O4/c1-5-6-7-13(20-17(24)26-18(2,3)4)14(23)16-22-21-15(25-16)12-8-10-19-11-9-12/h8-11,13-14,23H,5-7H2,1-4H3,(H,20,24). The molecule has 2 rings (SSSR count). The topological polar surface area (TPSA) is 110 Å². The van der Waals surface area contributed by atoms with Gasteiger partial charge in [-0.05, 0) is 39.3 Å². The molecule has 2 unspecified atom stereocenters. The van der Waals surface area contributed by atoms with Gasteiger partial charge in [-0.15, -0.1) is 10.2 Å². The van der Waals surface area contributed by atoms with Crippen molar-refractivity contribution in [3.8, 4) is 11.5 Å². The molecule has 0 saturated carbocycles. The Kier molecular flexibility index (Phi) is 6.68. The summed E-state index contributed by atoms with van der Waals surface area (Å²) in [4.78, 5) is 16.0. The number of hydrogen-bond acceptors (Lipinski definition) is 7. The summed E-state index contributed by atoms with van der Waals surface area (Å²) in [7, 11) is 0. The van der Waals surface area contributed by atoms with Gasteiger partial charge in [0.05, 0.1) is 6.04 Å². The molecule has 2 aromatic rings. The zero-order chi connectivity index (χ0) is 19.2. The average Bonchev–Trinajstić information content (AvgIpc) is 3.07. The van der Waals surface area contributed by atoms with Gasteiger partial charge in [-0.1, -0.05) is 19.8 Å².